The molecule has 1 N–H and O–H groups in total. The second-order valence-corrected chi connectivity index (χ2v) is 2.26. The number of hydrogen-bond acceptors (Lipinski definition) is 0. The largest absolute Gasteiger partial charge is 0.527 e. The quantitative estimate of drug-likeness (QED) is 0.328. The molecule has 0 spiro atoms. The van der Waals surface area contributed by atoms with Crippen molar-refractivity contribution in [2.45, 2.75) is 27.6 Å². The van der Waals surface area contributed by atoms with Gasteiger partial charge in [-0.25, -0.2) is 0 Å². The molecule has 1 nitrogen and oxygen atoms in total. The topological polar surface area (TPSA) is 14.0 Å². The van der Waals surface area contributed by atoms with Crippen LogP contribution in [0, 0.1) is 5.92 Å². The van der Waals surface area contributed by atoms with Crippen molar-refractivity contribution in [1.29, 1.82) is 0 Å². The van der Waals surface area contributed by atoms with E-state index in [1.807, 2.05) is 13.7 Å². The van der Waals surface area contributed by atoms with E-state index in [0.717, 1.165) is 5.92 Å². The summed E-state index contributed by atoms with van der Waals surface area (Å²) >= 11 is 0. The zero-order valence-corrected chi connectivity index (χ0v) is 7.52. The molecule has 0 aromatic carbocycles. The van der Waals surface area contributed by atoms with E-state index in [0.29, 0.717) is 0 Å². The van der Waals surface area contributed by atoms with Crippen LogP contribution in [0.3, 0.4) is 0 Å². The zero-order valence-electron chi connectivity index (χ0n) is 7.52. The van der Waals surface area contributed by atoms with E-state index in [-0.39, 0.29) is 0 Å². The molecule has 0 atom stereocenters. The fraction of sp³-hybridized carbons (Fsp3) is 0.625. The van der Waals surface area contributed by atoms with E-state index >= 15 is 0 Å². The van der Waals surface area contributed by atoms with E-state index in [1.165, 1.54) is 0 Å². The lowest BCUT2D eigenvalue weighted by atomic mass is 10.0. The van der Waals surface area contributed by atoms with E-state index in [9.17, 15) is 0 Å². The Balaban J connectivity index is 0. The molecule has 0 aromatic heterocycles. The average Bonchev–Trinajstić information content (AvgIpc) is 1.89. The Morgan fingerprint density at radius 1 is 1.50 bits per heavy atom. The summed E-state index contributed by atoms with van der Waals surface area (Å²) in [4.78, 5) is 2.56. The predicted molar refractivity (Wildman–Crippen MR) is 49.4 cm³/mol. The second-order valence-electron chi connectivity index (χ2n) is 2.26. The van der Waals surface area contributed by atoms with Crippen molar-refractivity contribution in [1.82, 2.24) is 0 Å². The first kappa shape index (κ1) is 12.2. The summed E-state index contributed by atoms with van der Waals surface area (Å²) in [6, 6.07) is 0. The molecule has 10 heavy (non-hydrogen) atoms. The average molecular weight is 139 g/mol. The molecule has 0 saturated carbocycles. The summed E-state index contributed by atoms with van der Waals surface area (Å²) in [5, 5.41) is 0. The van der Waals surface area contributed by atoms with Crippen LogP contribution in [0.5, 0.6) is 0 Å². The lowest BCUT2D eigenvalue weighted by Gasteiger charge is -1.86. The molecule has 0 aliphatic rings. The summed E-state index contributed by atoms with van der Waals surface area (Å²) in [5.74, 6) is 0.718. The number of allylic oxidation sites excluding steroid dienone is 2. The lowest BCUT2D eigenvalue weighted by molar-refractivity contribution is -0.270. The van der Waals surface area contributed by atoms with Gasteiger partial charge in [-0.05, 0) is 19.7 Å². The van der Waals surface area contributed by atoms with Crippen LogP contribution in [0.1, 0.15) is 20.8 Å². The summed E-state index contributed by atoms with van der Waals surface area (Å²) in [6.45, 7) is 11.6. The standard InChI is InChI=1S/C6H12.C2H6BN/c1-4-5-6(2)3;1-3-4-2/h4-6H,1-3H3;4H,2H2,1H3/q;+1/b5-4+;. The SMILES string of the molecule is C/C=C/C(C)C.C=[NH+][B]C. The number of rotatable bonds is 2. The van der Waals surface area contributed by atoms with Crippen molar-refractivity contribution in [2.75, 3.05) is 0 Å². The van der Waals surface area contributed by atoms with Crippen LogP contribution in [-0.2, 0) is 0 Å². The van der Waals surface area contributed by atoms with E-state index in [4.69, 9.17) is 0 Å². The van der Waals surface area contributed by atoms with Crippen LogP contribution in [0.15, 0.2) is 12.2 Å². The van der Waals surface area contributed by atoms with Crippen molar-refractivity contribution < 1.29 is 4.90 Å². The van der Waals surface area contributed by atoms with Crippen molar-refractivity contribution in [2.24, 2.45) is 5.92 Å². The Morgan fingerprint density at radius 3 is 1.90 bits per heavy atom. The van der Waals surface area contributed by atoms with Crippen LogP contribution in [0.4, 0.5) is 0 Å². The summed E-state index contributed by atoms with van der Waals surface area (Å²) in [6.07, 6.45) is 4.24. The molecule has 57 valence electrons. The molecule has 0 heterocycles. The summed E-state index contributed by atoms with van der Waals surface area (Å²) in [7, 11) is 1.76. The van der Waals surface area contributed by atoms with Gasteiger partial charge in [0.25, 0.3) is 0 Å². The maximum absolute atomic E-state index is 3.30. The molecule has 0 bridgehead atoms. The molecule has 0 unspecified atom stereocenters. The highest BCUT2D eigenvalue weighted by Crippen LogP contribution is 1.90. The van der Waals surface area contributed by atoms with Crippen LogP contribution in [0.25, 0.3) is 0 Å². The normalized spacial score (nSPS) is 8.90. The van der Waals surface area contributed by atoms with Gasteiger partial charge in [-0.2, -0.15) is 0 Å². The zero-order chi connectivity index (χ0) is 8.41. The van der Waals surface area contributed by atoms with E-state index in [1.54, 1.807) is 7.41 Å². The van der Waals surface area contributed by atoms with Crippen molar-refractivity contribution in [3.05, 3.63) is 12.2 Å². The molecule has 0 fully saturated rings. The molecular weight excluding hydrogens is 121 g/mol. The highest BCUT2D eigenvalue weighted by Gasteiger charge is 1.76. The Labute approximate surface area is 65.5 Å². The fourth-order valence-electron chi connectivity index (χ4n) is 0.385. The van der Waals surface area contributed by atoms with Gasteiger partial charge < -0.3 is 4.90 Å². The molecule has 0 aliphatic carbocycles. The first-order valence-corrected chi connectivity index (χ1v) is 3.62. The van der Waals surface area contributed by atoms with E-state index < -0.39 is 0 Å². The van der Waals surface area contributed by atoms with Crippen LogP contribution in [-0.4, -0.2) is 14.1 Å². The molecule has 0 rings (SSSR count). The maximum Gasteiger partial charge on any atom is 0.527 e. The molecule has 2 heteroatoms. The van der Waals surface area contributed by atoms with Gasteiger partial charge in [-0.3, -0.25) is 0 Å². The minimum Gasteiger partial charge on any atom is -0.341 e. The van der Waals surface area contributed by atoms with Gasteiger partial charge >= 0.3 is 7.41 Å². The van der Waals surface area contributed by atoms with Gasteiger partial charge in [0.05, 0.1) is 6.72 Å². The van der Waals surface area contributed by atoms with Crippen LogP contribution in [0.2, 0.25) is 6.82 Å². The first-order valence-electron chi connectivity index (χ1n) is 3.62. The Kier molecular flexibility index (Phi) is 13.8. The fourth-order valence-corrected chi connectivity index (χ4v) is 0.385. The highest BCUT2D eigenvalue weighted by molar-refractivity contribution is 6.21. The molecule has 0 aromatic rings. The smallest absolute Gasteiger partial charge is 0.341 e. The van der Waals surface area contributed by atoms with Crippen molar-refractivity contribution >= 4 is 14.1 Å². The molecule has 1 radical (unpaired) electrons. The molecule has 0 saturated heterocycles. The highest BCUT2D eigenvalue weighted by atomic mass is 14.5. The van der Waals surface area contributed by atoms with Gasteiger partial charge in [0, 0.05) is 0 Å². The summed E-state index contributed by atoms with van der Waals surface area (Å²) in [5.41, 5.74) is 0. The number of hydrogen-bond donors (Lipinski definition) is 1. The lowest BCUT2D eigenvalue weighted by Crippen LogP contribution is -2.67. The van der Waals surface area contributed by atoms with Gasteiger partial charge in [0.2, 0.25) is 0 Å². The third-order valence-corrected chi connectivity index (χ3v) is 0.781. The maximum atomic E-state index is 3.30. The Bertz CT molecular complexity index is 87.3. The van der Waals surface area contributed by atoms with Crippen molar-refractivity contribution in [3.63, 3.8) is 0 Å². The minimum atomic E-state index is 0.718. The number of nitrogens with one attached hydrogen (secondary N) is 1. The van der Waals surface area contributed by atoms with Gasteiger partial charge in [-0.1, -0.05) is 26.0 Å². The van der Waals surface area contributed by atoms with Crippen LogP contribution >= 0.6 is 0 Å². The Hall–Kier alpha value is -0.525. The van der Waals surface area contributed by atoms with E-state index in [2.05, 4.69) is 37.6 Å². The Morgan fingerprint density at radius 2 is 1.90 bits per heavy atom. The van der Waals surface area contributed by atoms with Gasteiger partial charge in [-0.15, -0.1) is 0 Å². The van der Waals surface area contributed by atoms with Gasteiger partial charge in [0.15, 0.2) is 0 Å². The third-order valence-electron chi connectivity index (χ3n) is 0.781. The molecule has 0 aliphatic heterocycles. The van der Waals surface area contributed by atoms with Crippen LogP contribution < -0.4 is 4.90 Å². The minimum absolute atomic E-state index is 0.718. The third kappa shape index (κ3) is 26.0. The summed E-state index contributed by atoms with van der Waals surface area (Å²) < 4.78 is 0. The predicted octanol–water partition coefficient (Wildman–Crippen LogP) is 0.653. The second kappa shape index (κ2) is 11.3. The monoisotopic (exact) mass is 139 g/mol. The van der Waals surface area contributed by atoms with Gasteiger partial charge in [0.1, 0.15) is 0 Å². The molecular formula is C8H18BN+. The first-order chi connectivity index (χ1) is 4.68. The van der Waals surface area contributed by atoms with Crippen molar-refractivity contribution in [3.8, 4) is 0 Å². The molecule has 0 amide bonds.